The van der Waals surface area contributed by atoms with Crippen LogP contribution < -0.4 is 9.64 Å². The highest BCUT2D eigenvalue weighted by Gasteiger charge is 2.27. The number of nitrogens with zero attached hydrogens (tertiary/aromatic N) is 3. The van der Waals surface area contributed by atoms with Crippen LogP contribution in [0.4, 0.5) is 5.13 Å². The zero-order valence-corrected chi connectivity index (χ0v) is 14.7. The summed E-state index contributed by atoms with van der Waals surface area (Å²) in [6.45, 7) is 2.09. The van der Waals surface area contributed by atoms with Crippen LogP contribution in [-0.2, 0) is 11.3 Å². The molecule has 1 saturated heterocycles. The smallest absolute Gasteiger partial charge is 0.205 e. The third-order valence-electron chi connectivity index (χ3n) is 4.24. The van der Waals surface area contributed by atoms with Gasteiger partial charge >= 0.3 is 0 Å². The normalized spacial score (nSPS) is 15.5. The van der Waals surface area contributed by atoms with Crippen molar-refractivity contribution in [2.45, 2.75) is 19.4 Å². The van der Waals surface area contributed by atoms with Gasteiger partial charge in [0.15, 0.2) is 11.6 Å². The van der Waals surface area contributed by atoms with Gasteiger partial charge in [-0.15, -0.1) is 0 Å². The van der Waals surface area contributed by atoms with Crippen molar-refractivity contribution in [2.24, 2.45) is 5.92 Å². The van der Waals surface area contributed by atoms with Crippen LogP contribution in [0.5, 0.6) is 5.75 Å². The van der Waals surface area contributed by atoms with E-state index in [4.69, 9.17) is 9.47 Å². The van der Waals surface area contributed by atoms with Crippen LogP contribution >= 0.6 is 11.5 Å². The zero-order valence-electron chi connectivity index (χ0n) is 13.9. The van der Waals surface area contributed by atoms with Gasteiger partial charge in [0.2, 0.25) is 5.13 Å². The summed E-state index contributed by atoms with van der Waals surface area (Å²) < 4.78 is 14.5. The number of anilines is 1. The molecule has 6 nitrogen and oxygen atoms in total. The molecule has 1 aromatic heterocycles. The van der Waals surface area contributed by atoms with Crippen LogP contribution in [0.3, 0.4) is 0 Å². The van der Waals surface area contributed by atoms with Crippen LogP contribution in [0.25, 0.3) is 0 Å². The Morgan fingerprint density at radius 2 is 1.96 bits per heavy atom. The Kier molecular flexibility index (Phi) is 5.42. The monoisotopic (exact) mass is 347 g/mol. The van der Waals surface area contributed by atoms with Crippen molar-refractivity contribution < 1.29 is 14.3 Å². The van der Waals surface area contributed by atoms with E-state index in [1.165, 1.54) is 11.5 Å². The molecule has 1 fully saturated rings. The lowest BCUT2D eigenvalue weighted by molar-refractivity contribution is 0.0900. The van der Waals surface area contributed by atoms with E-state index in [2.05, 4.69) is 14.3 Å². The van der Waals surface area contributed by atoms with E-state index in [1.54, 1.807) is 14.2 Å². The molecule has 0 bridgehead atoms. The van der Waals surface area contributed by atoms with Crippen LogP contribution in [0.2, 0.25) is 0 Å². The number of aromatic nitrogens is 2. The van der Waals surface area contributed by atoms with Crippen molar-refractivity contribution in [3.8, 4) is 5.75 Å². The molecule has 7 heteroatoms. The number of hydrogen-bond donors (Lipinski definition) is 0. The van der Waals surface area contributed by atoms with Crippen LogP contribution in [0.1, 0.15) is 29.0 Å². The van der Waals surface area contributed by atoms with Crippen molar-refractivity contribution in [2.75, 3.05) is 32.2 Å². The molecule has 128 valence electrons. The number of Topliss-reactive ketones (excluding diaryl/α,β-unsaturated/α-hetero) is 1. The molecule has 1 aromatic carbocycles. The number of rotatable bonds is 6. The zero-order chi connectivity index (χ0) is 16.9. The maximum absolute atomic E-state index is 12.6. The minimum absolute atomic E-state index is 0.0704. The molecule has 24 heavy (non-hydrogen) atoms. The van der Waals surface area contributed by atoms with Gasteiger partial charge in [0.25, 0.3) is 0 Å². The summed E-state index contributed by atoms with van der Waals surface area (Å²) in [5.41, 5.74) is 0.757. The van der Waals surface area contributed by atoms with Gasteiger partial charge in [0, 0.05) is 43.2 Å². The molecular weight excluding hydrogens is 326 g/mol. The largest absolute Gasteiger partial charge is 0.497 e. The standard InChI is InChI=1S/C17H21N3O3S/c1-22-11-15-18-17(24-19-15)20-9-7-13(8-10-20)16(21)12-3-5-14(23-2)6-4-12/h3-6,13H,7-11H2,1-2H3. The Bertz CT molecular complexity index is 679. The Labute approximate surface area is 145 Å². The maximum atomic E-state index is 12.6. The molecule has 0 amide bonds. The number of carbonyl (C=O) groups excluding carboxylic acids is 1. The predicted octanol–water partition coefficient (Wildman–Crippen LogP) is 2.79. The van der Waals surface area contributed by atoms with Gasteiger partial charge in [0.1, 0.15) is 12.4 Å². The highest BCUT2D eigenvalue weighted by molar-refractivity contribution is 7.09. The first-order valence-corrected chi connectivity index (χ1v) is 8.73. The molecule has 0 aliphatic carbocycles. The number of benzene rings is 1. The quantitative estimate of drug-likeness (QED) is 0.749. The van der Waals surface area contributed by atoms with Gasteiger partial charge in [0.05, 0.1) is 7.11 Å². The molecule has 2 aromatic rings. The van der Waals surface area contributed by atoms with Gasteiger partial charge in [-0.25, -0.2) is 4.98 Å². The Balaban J connectivity index is 1.58. The van der Waals surface area contributed by atoms with E-state index in [0.717, 1.165) is 42.4 Å². The van der Waals surface area contributed by atoms with Crippen LogP contribution in [0.15, 0.2) is 24.3 Å². The van der Waals surface area contributed by atoms with Gasteiger partial charge in [-0.1, -0.05) is 0 Å². The molecule has 0 saturated carbocycles. The average molecular weight is 347 g/mol. The molecule has 0 unspecified atom stereocenters. The van der Waals surface area contributed by atoms with E-state index in [1.807, 2.05) is 24.3 Å². The summed E-state index contributed by atoms with van der Waals surface area (Å²) >= 11 is 1.39. The summed E-state index contributed by atoms with van der Waals surface area (Å²) in [7, 11) is 3.26. The van der Waals surface area contributed by atoms with Gasteiger partial charge in [-0.2, -0.15) is 4.37 Å². The summed E-state index contributed by atoms with van der Waals surface area (Å²) in [5.74, 6) is 1.77. The number of piperidine rings is 1. The second-order valence-corrected chi connectivity index (χ2v) is 6.51. The van der Waals surface area contributed by atoms with Gasteiger partial charge < -0.3 is 14.4 Å². The lowest BCUT2D eigenvalue weighted by Gasteiger charge is -2.30. The fourth-order valence-corrected chi connectivity index (χ4v) is 3.61. The summed E-state index contributed by atoms with van der Waals surface area (Å²) in [6.07, 6.45) is 1.67. The van der Waals surface area contributed by atoms with Crippen molar-refractivity contribution >= 4 is 22.4 Å². The van der Waals surface area contributed by atoms with E-state index in [9.17, 15) is 4.79 Å². The number of ether oxygens (including phenoxy) is 2. The fourth-order valence-electron chi connectivity index (χ4n) is 2.88. The van der Waals surface area contributed by atoms with Crippen LogP contribution in [0, 0.1) is 5.92 Å². The lowest BCUT2D eigenvalue weighted by Crippen LogP contribution is -2.36. The molecule has 0 atom stereocenters. The van der Waals surface area contributed by atoms with E-state index in [-0.39, 0.29) is 11.7 Å². The fraction of sp³-hybridized carbons (Fsp3) is 0.471. The Morgan fingerprint density at radius 1 is 1.25 bits per heavy atom. The third-order valence-corrected chi connectivity index (χ3v) is 5.06. The molecule has 1 aliphatic rings. The Morgan fingerprint density at radius 3 is 2.58 bits per heavy atom. The predicted molar refractivity (Wildman–Crippen MR) is 92.9 cm³/mol. The maximum Gasteiger partial charge on any atom is 0.205 e. The van der Waals surface area contributed by atoms with E-state index >= 15 is 0 Å². The van der Waals surface area contributed by atoms with Crippen molar-refractivity contribution in [1.29, 1.82) is 0 Å². The molecule has 2 heterocycles. The summed E-state index contributed by atoms with van der Waals surface area (Å²) in [6, 6.07) is 7.35. The van der Waals surface area contributed by atoms with Gasteiger partial charge in [-0.3, -0.25) is 4.79 Å². The highest BCUT2D eigenvalue weighted by Crippen LogP contribution is 2.27. The lowest BCUT2D eigenvalue weighted by atomic mass is 9.89. The number of hydrogen-bond acceptors (Lipinski definition) is 7. The van der Waals surface area contributed by atoms with Crippen molar-refractivity contribution in [3.05, 3.63) is 35.7 Å². The number of ketones is 1. The highest BCUT2D eigenvalue weighted by atomic mass is 32.1. The van der Waals surface area contributed by atoms with Crippen molar-refractivity contribution in [3.63, 3.8) is 0 Å². The minimum Gasteiger partial charge on any atom is -0.497 e. The molecule has 3 rings (SSSR count). The molecule has 1 aliphatic heterocycles. The summed E-state index contributed by atoms with van der Waals surface area (Å²) in [4.78, 5) is 19.3. The van der Waals surface area contributed by atoms with E-state index in [0.29, 0.717) is 12.4 Å². The van der Waals surface area contributed by atoms with Crippen LogP contribution in [-0.4, -0.2) is 42.4 Å². The van der Waals surface area contributed by atoms with E-state index < -0.39 is 0 Å². The first-order valence-electron chi connectivity index (χ1n) is 7.96. The SMILES string of the molecule is COCc1nsc(N2CCC(C(=O)c3ccc(OC)cc3)CC2)n1. The number of methoxy groups -OCH3 is 2. The third kappa shape index (κ3) is 3.73. The topological polar surface area (TPSA) is 64.5 Å². The molecule has 0 N–H and O–H groups in total. The van der Waals surface area contributed by atoms with Gasteiger partial charge in [-0.05, 0) is 37.1 Å². The molecule has 0 radical (unpaired) electrons. The molecular formula is C17H21N3O3S. The second-order valence-electron chi connectivity index (χ2n) is 5.78. The first kappa shape index (κ1) is 16.9. The first-order chi connectivity index (χ1) is 11.7. The number of carbonyl (C=O) groups is 1. The second kappa shape index (κ2) is 7.72. The summed E-state index contributed by atoms with van der Waals surface area (Å²) in [5, 5.41) is 0.914. The minimum atomic E-state index is 0.0704. The van der Waals surface area contributed by atoms with Crippen molar-refractivity contribution in [1.82, 2.24) is 9.36 Å². The Hall–Kier alpha value is -1.99. The molecule has 0 spiro atoms. The average Bonchev–Trinajstić information content (AvgIpc) is 3.10.